The third kappa shape index (κ3) is 3.29. The van der Waals surface area contributed by atoms with Gasteiger partial charge in [-0.2, -0.15) is 0 Å². The Hall–Kier alpha value is -1.94. The highest BCUT2D eigenvalue weighted by atomic mass is 19.1. The van der Waals surface area contributed by atoms with E-state index in [0.717, 1.165) is 18.2 Å². The fraction of sp³-hybridized carbons (Fsp3) is 0.200. The molecular weight excluding hydrogens is 250 g/mol. The molecule has 4 heteroatoms. The summed E-state index contributed by atoms with van der Waals surface area (Å²) < 4.78 is 31.7. The number of aliphatic hydroxyl groups excluding tert-OH is 1. The van der Waals surface area contributed by atoms with Crippen molar-refractivity contribution in [2.24, 2.45) is 0 Å². The smallest absolute Gasteiger partial charge is 0.165 e. The number of ether oxygens (including phenoxy) is 1. The zero-order valence-electron chi connectivity index (χ0n) is 10.4. The molecule has 2 aromatic rings. The second kappa shape index (κ2) is 5.80. The highest BCUT2D eigenvalue weighted by Gasteiger charge is 2.19. The van der Waals surface area contributed by atoms with E-state index in [4.69, 9.17) is 4.74 Å². The summed E-state index contributed by atoms with van der Waals surface area (Å²) in [6, 6.07) is 11.9. The maximum absolute atomic E-state index is 13.4. The first-order chi connectivity index (χ1) is 9.08. The van der Waals surface area contributed by atoms with E-state index < -0.39 is 23.8 Å². The standard InChI is InChI=1S/C15H14F2O2/c1-10(15(18)11-5-3-2-4-6-11)19-14-9-12(16)7-8-13(14)17/h2-10,15,18H,1H3. The van der Waals surface area contributed by atoms with Crippen molar-refractivity contribution < 1.29 is 18.6 Å². The van der Waals surface area contributed by atoms with Crippen LogP contribution in [0.25, 0.3) is 0 Å². The highest BCUT2D eigenvalue weighted by molar-refractivity contribution is 5.26. The lowest BCUT2D eigenvalue weighted by Gasteiger charge is -2.21. The second-order valence-corrected chi connectivity index (χ2v) is 4.25. The fourth-order valence-electron chi connectivity index (χ4n) is 1.75. The van der Waals surface area contributed by atoms with Gasteiger partial charge < -0.3 is 9.84 Å². The average molecular weight is 264 g/mol. The molecular formula is C15H14F2O2. The monoisotopic (exact) mass is 264 g/mol. The molecule has 2 rings (SSSR count). The van der Waals surface area contributed by atoms with Crippen LogP contribution in [0.1, 0.15) is 18.6 Å². The predicted molar refractivity (Wildman–Crippen MR) is 67.8 cm³/mol. The van der Waals surface area contributed by atoms with Gasteiger partial charge in [-0.25, -0.2) is 8.78 Å². The fourth-order valence-corrected chi connectivity index (χ4v) is 1.75. The van der Waals surface area contributed by atoms with Gasteiger partial charge in [-0.15, -0.1) is 0 Å². The molecule has 0 aliphatic heterocycles. The van der Waals surface area contributed by atoms with E-state index in [0.29, 0.717) is 5.56 Å². The molecule has 0 aliphatic rings. The van der Waals surface area contributed by atoms with Gasteiger partial charge >= 0.3 is 0 Å². The molecule has 100 valence electrons. The lowest BCUT2D eigenvalue weighted by atomic mass is 10.1. The first-order valence-electron chi connectivity index (χ1n) is 5.92. The van der Waals surface area contributed by atoms with Crippen LogP contribution in [0.4, 0.5) is 8.78 Å². The molecule has 0 aliphatic carbocycles. The minimum absolute atomic E-state index is 0.206. The number of hydrogen-bond acceptors (Lipinski definition) is 2. The van der Waals surface area contributed by atoms with E-state index in [1.165, 1.54) is 0 Å². The van der Waals surface area contributed by atoms with Gasteiger partial charge in [0.05, 0.1) is 0 Å². The number of aliphatic hydroxyl groups is 1. The summed E-state index contributed by atoms with van der Waals surface area (Å²) in [5, 5.41) is 10.1. The molecule has 19 heavy (non-hydrogen) atoms. The Bertz CT molecular complexity index is 543. The minimum Gasteiger partial charge on any atom is -0.484 e. The van der Waals surface area contributed by atoms with Crippen LogP contribution >= 0.6 is 0 Å². The third-order valence-corrected chi connectivity index (χ3v) is 2.79. The zero-order chi connectivity index (χ0) is 13.8. The zero-order valence-corrected chi connectivity index (χ0v) is 10.4. The Balaban J connectivity index is 2.12. The minimum atomic E-state index is -0.913. The summed E-state index contributed by atoms with van der Waals surface area (Å²) >= 11 is 0. The van der Waals surface area contributed by atoms with Crippen LogP contribution in [0, 0.1) is 11.6 Å². The number of halogens is 2. The molecule has 0 bridgehead atoms. The van der Waals surface area contributed by atoms with Crippen molar-refractivity contribution in [1.29, 1.82) is 0 Å². The number of rotatable bonds is 4. The molecule has 2 aromatic carbocycles. The van der Waals surface area contributed by atoms with Gasteiger partial charge in [0.2, 0.25) is 0 Å². The lowest BCUT2D eigenvalue weighted by Crippen LogP contribution is -2.22. The van der Waals surface area contributed by atoms with Gasteiger partial charge in [-0.05, 0) is 24.6 Å². The van der Waals surface area contributed by atoms with E-state index in [1.807, 2.05) is 6.07 Å². The molecule has 0 radical (unpaired) electrons. The van der Waals surface area contributed by atoms with E-state index in [-0.39, 0.29) is 5.75 Å². The molecule has 0 aromatic heterocycles. The van der Waals surface area contributed by atoms with Crippen molar-refractivity contribution in [1.82, 2.24) is 0 Å². The van der Waals surface area contributed by atoms with Gasteiger partial charge in [-0.1, -0.05) is 30.3 Å². The molecule has 0 heterocycles. The van der Waals surface area contributed by atoms with Gasteiger partial charge in [-0.3, -0.25) is 0 Å². The Labute approximate surface area is 110 Å². The number of benzene rings is 2. The van der Waals surface area contributed by atoms with Crippen LogP contribution in [0.5, 0.6) is 5.75 Å². The van der Waals surface area contributed by atoms with E-state index in [1.54, 1.807) is 31.2 Å². The van der Waals surface area contributed by atoms with E-state index in [2.05, 4.69) is 0 Å². The lowest BCUT2D eigenvalue weighted by molar-refractivity contribution is 0.0442. The van der Waals surface area contributed by atoms with E-state index >= 15 is 0 Å². The maximum atomic E-state index is 13.4. The SMILES string of the molecule is CC(Oc1cc(F)ccc1F)C(O)c1ccccc1. The largest absolute Gasteiger partial charge is 0.484 e. The summed E-state index contributed by atoms with van der Waals surface area (Å²) in [6.07, 6.45) is -1.61. The van der Waals surface area contributed by atoms with Crippen LogP contribution in [-0.2, 0) is 0 Å². The third-order valence-electron chi connectivity index (χ3n) is 2.79. The average Bonchev–Trinajstić information content (AvgIpc) is 2.43. The first-order valence-corrected chi connectivity index (χ1v) is 5.92. The van der Waals surface area contributed by atoms with Crippen molar-refractivity contribution in [3.63, 3.8) is 0 Å². The van der Waals surface area contributed by atoms with Crippen molar-refractivity contribution in [2.45, 2.75) is 19.1 Å². The van der Waals surface area contributed by atoms with Gasteiger partial charge in [0.1, 0.15) is 18.0 Å². The molecule has 2 atom stereocenters. The van der Waals surface area contributed by atoms with Gasteiger partial charge in [0.25, 0.3) is 0 Å². The first kappa shape index (κ1) is 13.5. The maximum Gasteiger partial charge on any atom is 0.165 e. The normalized spacial score (nSPS) is 13.9. The molecule has 2 unspecified atom stereocenters. The van der Waals surface area contributed by atoms with Crippen LogP contribution in [0.3, 0.4) is 0 Å². The topological polar surface area (TPSA) is 29.5 Å². The molecule has 0 saturated carbocycles. The van der Waals surface area contributed by atoms with Gasteiger partial charge in [0, 0.05) is 6.07 Å². The van der Waals surface area contributed by atoms with Crippen LogP contribution in [-0.4, -0.2) is 11.2 Å². The van der Waals surface area contributed by atoms with Crippen molar-refractivity contribution >= 4 is 0 Å². The number of hydrogen-bond donors (Lipinski definition) is 1. The summed E-state index contributed by atoms with van der Waals surface area (Å²) in [7, 11) is 0. The summed E-state index contributed by atoms with van der Waals surface area (Å²) in [5.74, 6) is -1.45. The van der Waals surface area contributed by atoms with Crippen molar-refractivity contribution in [3.8, 4) is 5.75 Å². The molecule has 1 N–H and O–H groups in total. The molecule has 0 amide bonds. The Morgan fingerprint density at radius 3 is 2.42 bits per heavy atom. The van der Waals surface area contributed by atoms with Gasteiger partial charge in [0.15, 0.2) is 11.6 Å². The Morgan fingerprint density at radius 2 is 1.74 bits per heavy atom. The molecule has 0 spiro atoms. The second-order valence-electron chi connectivity index (χ2n) is 4.25. The highest BCUT2D eigenvalue weighted by Crippen LogP contribution is 2.24. The summed E-state index contributed by atoms with van der Waals surface area (Å²) in [6.45, 7) is 1.60. The van der Waals surface area contributed by atoms with Crippen molar-refractivity contribution in [2.75, 3.05) is 0 Å². The van der Waals surface area contributed by atoms with Crippen LogP contribution < -0.4 is 4.74 Å². The van der Waals surface area contributed by atoms with E-state index in [9.17, 15) is 13.9 Å². The Morgan fingerprint density at radius 1 is 1.05 bits per heavy atom. The Kier molecular flexibility index (Phi) is 4.12. The molecule has 2 nitrogen and oxygen atoms in total. The summed E-state index contributed by atoms with van der Waals surface area (Å²) in [4.78, 5) is 0. The predicted octanol–water partition coefficient (Wildman–Crippen LogP) is 3.47. The quantitative estimate of drug-likeness (QED) is 0.916. The summed E-state index contributed by atoms with van der Waals surface area (Å²) in [5.41, 5.74) is 0.659. The van der Waals surface area contributed by atoms with Crippen LogP contribution in [0.15, 0.2) is 48.5 Å². The molecule has 0 fully saturated rings. The van der Waals surface area contributed by atoms with Crippen molar-refractivity contribution in [3.05, 3.63) is 65.7 Å². The van der Waals surface area contributed by atoms with Crippen LogP contribution in [0.2, 0.25) is 0 Å². The molecule has 0 saturated heterocycles.